The van der Waals surface area contributed by atoms with E-state index in [1.807, 2.05) is 67.6 Å². The van der Waals surface area contributed by atoms with Crippen LogP contribution in [0.5, 0.6) is 0 Å². The molecule has 3 aromatic carbocycles. The van der Waals surface area contributed by atoms with E-state index >= 15 is 0 Å². The number of hydrogen-bond acceptors (Lipinski definition) is 2. The number of nitrogens with one attached hydrogen (secondary N) is 1. The van der Waals surface area contributed by atoms with E-state index in [2.05, 4.69) is 21.2 Å². The zero-order valence-electron chi connectivity index (χ0n) is 13.3. The van der Waals surface area contributed by atoms with Crippen LogP contribution in [0.1, 0.15) is 16.7 Å². The van der Waals surface area contributed by atoms with E-state index in [4.69, 9.17) is 35.4 Å². The van der Waals surface area contributed by atoms with Gasteiger partial charge in [-0.15, -0.1) is 0 Å². The average Bonchev–Trinajstić information content (AvgIpc) is 2.57. The summed E-state index contributed by atoms with van der Waals surface area (Å²) in [5.74, 6) is 0. The van der Waals surface area contributed by atoms with Crippen molar-refractivity contribution in [3.05, 3.63) is 91.9 Å². The first-order valence-corrected chi connectivity index (χ1v) is 9.53. The largest absolute Gasteiger partial charge is 0.354 e. The van der Waals surface area contributed by atoms with Gasteiger partial charge >= 0.3 is 0 Å². The molecule has 3 aromatic rings. The molecule has 0 fully saturated rings. The molecular weight excluding hydrogens is 437 g/mol. The van der Waals surface area contributed by atoms with Gasteiger partial charge in [0.1, 0.15) is 0 Å². The predicted molar refractivity (Wildman–Crippen MR) is 116 cm³/mol. The highest BCUT2D eigenvalue weighted by Gasteiger charge is 2.12. The van der Waals surface area contributed by atoms with Crippen LogP contribution in [-0.2, 0) is 0 Å². The molecule has 5 heteroatoms. The Morgan fingerprint density at radius 2 is 1.68 bits per heavy atom. The predicted octanol–water partition coefficient (Wildman–Crippen LogP) is 7.57. The number of thiocarbonyl (C=S) groups is 1. The lowest BCUT2D eigenvalue weighted by Crippen LogP contribution is -2.03. The van der Waals surface area contributed by atoms with Crippen LogP contribution in [0.3, 0.4) is 0 Å². The van der Waals surface area contributed by atoms with Crippen molar-refractivity contribution in [2.75, 3.05) is 5.32 Å². The summed E-state index contributed by atoms with van der Waals surface area (Å²) in [6.07, 6.45) is 0. The SMILES string of the molecule is Cc1ccccc1C(=S)c1ccc(Nc2ccc(Br)cc2Cl)cc1Cl. The molecule has 0 saturated heterocycles. The Balaban J connectivity index is 1.88. The molecule has 0 radical (unpaired) electrons. The molecule has 0 unspecified atom stereocenters. The molecule has 1 N–H and O–H groups in total. The minimum Gasteiger partial charge on any atom is -0.354 e. The molecule has 0 aromatic heterocycles. The monoisotopic (exact) mass is 449 g/mol. The maximum Gasteiger partial charge on any atom is 0.0652 e. The Bertz CT molecular complexity index is 956. The summed E-state index contributed by atoms with van der Waals surface area (Å²) in [6, 6.07) is 19.5. The van der Waals surface area contributed by atoms with Crippen molar-refractivity contribution < 1.29 is 0 Å². The second-order valence-corrected chi connectivity index (χ2v) is 7.73. The first kappa shape index (κ1) is 18.4. The number of hydrogen-bond donors (Lipinski definition) is 1. The average molecular weight is 451 g/mol. The first-order valence-electron chi connectivity index (χ1n) is 7.57. The number of halogens is 3. The summed E-state index contributed by atoms with van der Waals surface area (Å²) in [7, 11) is 0. The molecule has 25 heavy (non-hydrogen) atoms. The third kappa shape index (κ3) is 4.24. The Morgan fingerprint density at radius 1 is 0.920 bits per heavy atom. The first-order chi connectivity index (χ1) is 12.0. The summed E-state index contributed by atoms with van der Waals surface area (Å²) >= 11 is 21.8. The van der Waals surface area contributed by atoms with Gasteiger partial charge < -0.3 is 5.32 Å². The Labute approximate surface area is 171 Å². The zero-order chi connectivity index (χ0) is 18.0. The fourth-order valence-electron chi connectivity index (χ4n) is 2.50. The lowest BCUT2D eigenvalue weighted by molar-refractivity contribution is 1.44. The molecule has 0 spiro atoms. The van der Waals surface area contributed by atoms with Gasteiger partial charge in [0.05, 0.1) is 20.6 Å². The van der Waals surface area contributed by atoms with Gasteiger partial charge in [-0.2, -0.15) is 0 Å². The van der Waals surface area contributed by atoms with Crippen LogP contribution in [0, 0.1) is 6.92 Å². The van der Waals surface area contributed by atoms with Crippen molar-refractivity contribution in [1.29, 1.82) is 0 Å². The van der Waals surface area contributed by atoms with Gasteiger partial charge in [0.25, 0.3) is 0 Å². The van der Waals surface area contributed by atoms with Gasteiger partial charge in [0.2, 0.25) is 0 Å². The van der Waals surface area contributed by atoms with E-state index in [-0.39, 0.29) is 0 Å². The highest BCUT2D eigenvalue weighted by molar-refractivity contribution is 9.10. The smallest absolute Gasteiger partial charge is 0.0652 e. The van der Waals surface area contributed by atoms with Crippen LogP contribution >= 0.6 is 51.3 Å². The topological polar surface area (TPSA) is 12.0 Å². The summed E-state index contributed by atoms with van der Waals surface area (Å²) in [6.45, 7) is 2.04. The third-order valence-electron chi connectivity index (χ3n) is 3.81. The van der Waals surface area contributed by atoms with E-state index in [1.54, 1.807) is 0 Å². The van der Waals surface area contributed by atoms with Crippen LogP contribution in [0.4, 0.5) is 11.4 Å². The molecular formula is C20H14BrCl2NS. The van der Waals surface area contributed by atoms with Gasteiger partial charge in [0, 0.05) is 15.7 Å². The second kappa shape index (κ2) is 7.88. The molecule has 3 rings (SSSR count). The molecule has 0 atom stereocenters. The van der Waals surface area contributed by atoms with E-state index in [1.165, 1.54) is 0 Å². The van der Waals surface area contributed by atoms with Gasteiger partial charge in [-0.05, 0) is 54.4 Å². The van der Waals surface area contributed by atoms with Gasteiger partial charge in [-0.25, -0.2) is 0 Å². The molecule has 0 aliphatic heterocycles. The normalized spacial score (nSPS) is 10.6. The summed E-state index contributed by atoms with van der Waals surface area (Å²) in [5.41, 5.74) is 4.67. The lowest BCUT2D eigenvalue weighted by atomic mass is 10.00. The molecule has 0 amide bonds. The standard InChI is InChI=1S/C20H14BrCl2NS/c1-12-4-2-3-5-15(12)20(25)16-8-7-14(11-17(16)22)24-19-9-6-13(21)10-18(19)23/h2-11,24H,1H3. The summed E-state index contributed by atoms with van der Waals surface area (Å²) < 4.78 is 0.931. The zero-order valence-corrected chi connectivity index (χ0v) is 17.2. The fraction of sp³-hybridized carbons (Fsp3) is 0.0500. The molecule has 0 aliphatic rings. The Kier molecular flexibility index (Phi) is 5.80. The van der Waals surface area contributed by atoms with Crippen LogP contribution in [0.15, 0.2) is 65.1 Å². The lowest BCUT2D eigenvalue weighted by Gasteiger charge is -2.13. The highest BCUT2D eigenvalue weighted by atomic mass is 79.9. The minimum atomic E-state index is 0.603. The molecule has 0 saturated carbocycles. The van der Waals surface area contributed by atoms with E-state index in [9.17, 15) is 0 Å². The maximum absolute atomic E-state index is 6.49. The highest BCUT2D eigenvalue weighted by Crippen LogP contribution is 2.31. The Hall–Kier alpha value is -1.39. The minimum absolute atomic E-state index is 0.603. The fourth-order valence-corrected chi connectivity index (χ4v) is 3.95. The molecule has 126 valence electrons. The number of rotatable bonds is 4. The second-order valence-electron chi connectivity index (χ2n) is 5.59. The third-order valence-corrected chi connectivity index (χ3v) is 5.37. The molecule has 0 aliphatic carbocycles. The van der Waals surface area contributed by atoms with E-state index < -0.39 is 0 Å². The quantitative estimate of drug-likeness (QED) is 0.324. The van der Waals surface area contributed by atoms with Crippen LogP contribution < -0.4 is 5.32 Å². The van der Waals surface area contributed by atoms with Gasteiger partial charge in [-0.3, -0.25) is 0 Å². The van der Waals surface area contributed by atoms with Crippen molar-refractivity contribution in [2.45, 2.75) is 6.92 Å². The van der Waals surface area contributed by atoms with E-state index in [0.29, 0.717) is 10.0 Å². The van der Waals surface area contributed by atoms with Crippen LogP contribution in [-0.4, -0.2) is 4.86 Å². The summed E-state index contributed by atoms with van der Waals surface area (Å²) in [5, 5.41) is 4.51. The van der Waals surface area contributed by atoms with Crippen LogP contribution in [0.25, 0.3) is 0 Å². The van der Waals surface area contributed by atoms with Crippen molar-refractivity contribution in [2.24, 2.45) is 0 Å². The number of aryl methyl sites for hydroxylation is 1. The molecule has 1 nitrogen and oxygen atoms in total. The van der Waals surface area contributed by atoms with Crippen LogP contribution in [0.2, 0.25) is 10.0 Å². The number of benzene rings is 3. The van der Waals surface area contributed by atoms with Crippen molar-refractivity contribution in [1.82, 2.24) is 0 Å². The number of anilines is 2. The maximum atomic E-state index is 6.49. The molecule has 0 heterocycles. The van der Waals surface area contributed by atoms with Gasteiger partial charge in [0.15, 0.2) is 0 Å². The summed E-state index contributed by atoms with van der Waals surface area (Å²) in [4.78, 5) is 0.747. The van der Waals surface area contributed by atoms with E-state index in [0.717, 1.165) is 37.4 Å². The van der Waals surface area contributed by atoms with Gasteiger partial charge in [-0.1, -0.05) is 75.6 Å². The molecule has 0 bridgehead atoms. The van der Waals surface area contributed by atoms with Crippen molar-refractivity contribution in [3.63, 3.8) is 0 Å². The van der Waals surface area contributed by atoms with Crippen molar-refractivity contribution >= 4 is 67.6 Å². The van der Waals surface area contributed by atoms with Crippen molar-refractivity contribution in [3.8, 4) is 0 Å². The Morgan fingerprint density at radius 3 is 2.36 bits per heavy atom.